The van der Waals surface area contributed by atoms with Crippen LogP contribution in [0.5, 0.6) is 0 Å². The Morgan fingerprint density at radius 1 is 1.29 bits per heavy atom. The lowest BCUT2D eigenvalue weighted by Gasteiger charge is -1.81. The van der Waals surface area contributed by atoms with E-state index in [-0.39, 0.29) is 0 Å². The first-order valence-corrected chi connectivity index (χ1v) is 2.97. The maximum absolute atomic E-state index is 5.41. The minimum atomic E-state index is 0.847. The van der Waals surface area contributed by atoms with Gasteiger partial charge in [0.15, 0.2) is 0 Å². The van der Waals surface area contributed by atoms with Crippen LogP contribution in [-0.4, -0.2) is 6.54 Å². The SMILES string of the molecule is C[C@H]1C(CN)[C@@H]1C. The van der Waals surface area contributed by atoms with E-state index in [1.165, 1.54) is 0 Å². The van der Waals surface area contributed by atoms with Crippen LogP contribution in [0.1, 0.15) is 13.8 Å². The fourth-order valence-electron chi connectivity index (χ4n) is 1.19. The molecule has 2 N–H and O–H groups in total. The highest BCUT2D eigenvalue weighted by Crippen LogP contribution is 2.44. The Morgan fingerprint density at radius 2 is 1.71 bits per heavy atom. The van der Waals surface area contributed by atoms with Gasteiger partial charge in [0.05, 0.1) is 0 Å². The van der Waals surface area contributed by atoms with E-state index >= 15 is 0 Å². The van der Waals surface area contributed by atoms with Gasteiger partial charge in [-0.1, -0.05) is 13.8 Å². The molecular weight excluding hydrogens is 86.1 g/mol. The summed E-state index contributed by atoms with van der Waals surface area (Å²) >= 11 is 0. The Balaban J connectivity index is 2.24. The maximum atomic E-state index is 5.41. The van der Waals surface area contributed by atoms with Crippen molar-refractivity contribution in [1.82, 2.24) is 0 Å². The van der Waals surface area contributed by atoms with Crippen molar-refractivity contribution >= 4 is 0 Å². The highest BCUT2D eigenvalue weighted by Gasteiger charge is 2.40. The molecule has 1 rings (SSSR count). The van der Waals surface area contributed by atoms with Gasteiger partial charge in [-0.15, -0.1) is 0 Å². The average Bonchev–Trinajstić information content (AvgIpc) is 2.17. The van der Waals surface area contributed by atoms with Gasteiger partial charge < -0.3 is 5.73 Å². The fraction of sp³-hybridized carbons (Fsp3) is 1.00. The van der Waals surface area contributed by atoms with E-state index in [4.69, 9.17) is 5.73 Å². The molecule has 1 aliphatic carbocycles. The Morgan fingerprint density at radius 3 is 1.71 bits per heavy atom. The number of hydrogen-bond acceptors (Lipinski definition) is 1. The van der Waals surface area contributed by atoms with Crippen LogP contribution in [0.4, 0.5) is 0 Å². The molecule has 0 aliphatic heterocycles. The molecule has 1 saturated carbocycles. The molecule has 1 nitrogen and oxygen atoms in total. The summed E-state index contributed by atoms with van der Waals surface area (Å²) in [4.78, 5) is 0. The van der Waals surface area contributed by atoms with Crippen molar-refractivity contribution in [3.63, 3.8) is 0 Å². The Kier molecular flexibility index (Phi) is 1.08. The first-order chi connectivity index (χ1) is 3.27. The van der Waals surface area contributed by atoms with Crippen LogP contribution < -0.4 is 5.73 Å². The largest absolute Gasteiger partial charge is 0.330 e. The summed E-state index contributed by atoms with van der Waals surface area (Å²) < 4.78 is 0. The van der Waals surface area contributed by atoms with Crippen LogP contribution in [0.2, 0.25) is 0 Å². The third-order valence-corrected chi connectivity index (χ3v) is 2.31. The molecule has 0 aromatic rings. The Labute approximate surface area is 44.9 Å². The lowest BCUT2D eigenvalue weighted by molar-refractivity contribution is 0.747. The van der Waals surface area contributed by atoms with E-state index in [9.17, 15) is 0 Å². The van der Waals surface area contributed by atoms with E-state index in [2.05, 4.69) is 13.8 Å². The first-order valence-electron chi connectivity index (χ1n) is 2.97. The van der Waals surface area contributed by atoms with E-state index in [0.29, 0.717) is 0 Å². The molecule has 2 atom stereocenters. The molecule has 0 aromatic carbocycles. The summed E-state index contributed by atoms with van der Waals surface area (Å²) in [6.07, 6.45) is 0. The van der Waals surface area contributed by atoms with Crippen LogP contribution in [0, 0.1) is 17.8 Å². The van der Waals surface area contributed by atoms with E-state index in [1.54, 1.807) is 0 Å². The highest BCUT2D eigenvalue weighted by atomic mass is 14.6. The molecule has 0 heterocycles. The molecule has 0 unspecified atom stereocenters. The van der Waals surface area contributed by atoms with Crippen molar-refractivity contribution in [1.29, 1.82) is 0 Å². The third kappa shape index (κ3) is 0.653. The average molecular weight is 99.2 g/mol. The molecule has 1 heteroatoms. The van der Waals surface area contributed by atoms with E-state index in [1.807, 2.05) is 0 Å². The summed E-state index contributed by atoms with van der Waals surface area (Å²) in [6, 6.07) is 0. The number of rotatable bonds is 1. The zero-order valence-electron chi connectivity index (χ0n) is 5.02. The monoisotopic (exact) mass is 99.1 g/mol. The predicted octanol–water partition coefficient (Wildman–Crippen LogP) is 0.847. The van der Waals surface area contributed by atoms with Gasteiger partial charge in [-0.3, -0.25) is 0 Å². The van der Waals surface area contributed by atoms with Gasteiger partial charge in [0.1, 0.15) is 0 Å². The zero-order chi connectivity index (χ0) is 5.44. The molecule has 7 heavy (non-hydrogen) atoms. The second-order valence-electron chi connectivity index (χ2n) is 2.62. The topological polar surface area (TPSA) is 26.0 Å². The number of nitrogens with two attached hydrogens (primary N) is 1. The molecule has 1 aliphatic rings. The van der Waals surface area contributed by atoms with Gasteiger partial charge in [-0.25, -0.2) is 0 Å². The van der Waals surface area contributed by atoms with Crippen molar-refractivity contribution in [3.8, 4) is 0 Å². The minimum absolute atomic E-state index is 0.847. The molecule has 1 fully saturated rings. The molecular formula is C6H13N. The van der Waals surface area contributed by atoms with Crippen molar-refractivity contribution < 1.29 is 0 Å². The van der Waals surface area contributed by atoms with E-state index < -0.39 is 0 Å². The second-order valence-corrected chi connectivity index (χ2v) is 2.62. The standard InChI is InChI=1S/C6H13N/c1-4-5(2)6(4)3-7/h4-6H,3,7H2,1-2H3/t4-,5-/m1/s1. The molecule has 0 radical (unpaired) electrons. The summed E-state index contributed by atoms with van der Waals surface area (Å²) in [5.74, 6) is 2.66. The molecule has 0 spiro atoms. The Bertz CT molecular complexity index is 62.6. The van der Waals surface area contributed by atoms with Gasteiger partial charge in [-0.05, 0) is 24.3 Å². The molecule has 0 aromatic heterocycles. The van der Waals surface area contributed by atoms with Crippen molar-refractivity contribution in [2.24, 2.45) is 23.5 Å². The summed E-state index contributed by atoms with van der Waals surface area (Å²) in [5.41, 5.74) is 5.41. The van der Waals surface area contributed by atoms with Crippen LogP contribution >= 0.6 is 0 Å². The predicted molar refractivity (Wildman–Crippen MR) is 30.9 cm³/mol. The van der Waals surface area contributed by atoms with Crippen LogP contribution in [0.3, 0.4) is 0 Å². The van der Waals surface area contributed by atoms with Crippen molar-refractivity contribution in [2.45, 2.75) is 13.8 Å². The maximum Gasteiger partial charge on any atom is -0.00436 e. The van der Waals surface area contributed by atoms with Gasteiger partial charge in [0.25, 0.3) is 0 Å². The normalized spacial score (nSPS) is 49.3. The first kappa shape index (κ1) is 5.10. The zero-order valence-corrected chi connectivity index (χ0v) is 5.02. The van der Waals surface area contributed by atoms with Crippen LogP contribution in [0.15, 0.2) is 0 Å². The highest BCUT2D eigenvalue weighted by molar-refractivity contribution is 4.90. The summed E-state index contributed by atoms with van der Waals surface area (Å²) in [5, 5.41) is 0. The lowest BCUT2D eigenvalue weighted by atomic mass is 10.3. The van der Waals surface area contributed by atoms with Gasteiger partial charge in [0.2, 0.25) is 0 Å². The summed E-state index contributed by atoms with van der Waals surface area (Å²) in [7, 11) is 0. The molecule has 0 amide bonds. The quantitative estimate of drug-likeness (QED) is 0.518. The van der Waals surface area contributed by atoms with E-state index in [0.717, 1.165) is 24.3 Å². The van der Waals surface area contributed by atoms with Crippen LogP contribution in [0.25, 0.3) is 0 Å². The Hall–Kier alpha value is -0.0400. The summed E-state index contributed by atoms with van der Waals surface area (Å²) in [6.45, 7) is 5.42. The van der Waals surface area contributed by atoms with Crippen molar-refractivity contribution in [3.05, 3.63) is 0 Å². The third-order valence-electron chi connectivity index (χ3n) is 2.31. The fourth-order valence-corrected chi connectivity index (χ4v) is 1.19. The second kappa shape index (κ2) is 1.48. The molecule has 0 bridgehead atoms. The molecule has 0 saturated heterocycles. The van der Waals surface area contributed by atoms with Crippen LogP contribution in [-0.2, 0) is 0 Å². The smallest absolute Gasteiger partial charge is 0.00436 e. The van der Waals surface area contributed by atoms with Gasteiger partial charge >= 0.3 is 0 Å². The minimum Gasteiger partial charge on any atom is -0.330 e. The molecule has 42 valence electrons. The number of hydrogen-bond donors (Lipinski definition) is 1. The van der Waals surface area contributed by atoms with Crippen molar-refractivity contribution in [2.75, 3.05) is 6.54 Å². The lowest BCUT2D eigenvalue weighted by Crippen LogP contribution is -2.02. The van der Waals surface area contributed by atoms with Gasteiger partial charge in [0, 0.05) is 0 Å². The van der Waals surface area contributed by atoms with Gasteiger partial charge in [-0.2, -0.15) is 0 Å².